The van der Waals surface area contributed by atoms with Crippen molar-refractivity contribution >= 4 is 11.6 Å². The fraction of sp³-hybridized carbons (Fsp3) is 0.235. The Bertz CT molecular complexity index is 859. The van der Waals surface area contributed by atoms with Gasteiger partial charge in [0.2, 0.25) is 5.95 Å². The fourth-order valence-corrected chi connectivity index (χ4v) is 2.51. The van der Waals surface area contributed by atoms with Gasteiger partial charge in [-0.3, -0.25) is 4.57 Å². The van der Waals surface area contributed by atoms with Crippen LogP contribution in [0.3, 0.4) is 0 Å². The van der Waals surface area contributed by atoms with Crippen molar-refractivity contribution in [2.24, 2.45) is 5.18 Å². The maximum atomic E-state index is 11.2. The molecule has 0 aliphatic rings. The highest BCUT2D eigenvalue weighted by Gasteiger charge is 2.17. The molecule has 0 aliphatic heterocycles. The molecule has 0 fully saturated rings. The molecule has 2 aromatic heterocycles. The zero-order chi connectivity index (χ0) is 17.1. The summed E-state index contributed by atoms with van der Waals surface area (Å²) in [5.41, 5.74) is 1.92. The van der Waals surface area contributed by atoms with Gasteiger partial charge >= 0.3 is 0 Å². The molecule has 24 heavy (non-hydrogen) atoms. The molecule has 0 saturated heterocycles. The van der Waals surface area contributed by atoms with E-state index < -0.39 is 0 Å². The van der Waals surface area contributed by atoms with Crippen LogP contribution in [0.2, 0.25) is 0 Å². The van der Waals surface area contributed by atoms with Crippen molar-refractivity contribution in [2.45, 2.75) is 20.4 Å². The molecule has 0 unspecified atom stereocenters. The van der Waals surface area contributed by atoms with Crippen LogP contribution in [0, 0.1) is 18.8 Å². The Kier molecular flexibility index (Phi) is 4.33. The molecule has 3 aromatic rings. The monoisotopic (exact) mass is 322 g/mol. The summed E-state index contributed by atoms with van der Waals surface area (Å²) in [6, 6.07) is 10.1. The lowest BCUT2D eigenvalue weighted by Crippen LogP contribution is -2.20. The van der Waals surface area contributed by atoms with E-state index in [0.29, 0.717) is 24.0 Å². The molecule has 0 amide bonds. The minimum atomic E-state index is 0.230. The maximum Gasteiger partial charge on any atom is 0.227 e. The molecular weight excluding hydrogens is 304 g/mol. The standard InChI is InChI=1S/C17H18N6O/c1-12-15(21-24)16(23-10-9-18-13(23)2)20-17(19-12)22(3)11-14-7-5-4-6-8-14/h4-10H,11H2,1-3H3. The van der Waals surface area contributed by atoms with Gasteiger partial charge in [-0.05, 0) is 24.6 Å². The van der Waals surface area contributed by atoms with Crippen LogP contribution in [0.1, 0.15) is 17.1 Å². The number of anilines is 1. The minimum Gasteiger partial charge on any atom is -0.339 e. The van der Waals surface area contributed by atoms with E-state index in [-0.39, 0.29) is 5.69 Å². The van der Waals surface area contributed by atoms with Gasteiger partial charge in [-0.2, -0.15) is 4.98 Å². The third-order valence-electron chi connectivity index (χ3n) is 3.78. The van der Waals surface area contributed by atoms with E-state index in [0.717, 1.165) is 11.4 Å². The van der Waals surface area contributed by atoms with E-state index in [1.807, 2.05) is 49.2 Å². The second kappa shape index (κ2) is 6.57. The Morgan fingerprint density at radius 1 is 1.17 bits per heavy atom. The van der Waals surface area contributed by atoms with Crippen molar-refractivity contribution in [3.8, 4) is 5.82 Å². The van der Waals surface area contributed by atoms with Gasteiger partial charge in [-0.1, -0.05) is 30.3 Å². The summed E-state index contributed by atoms with van der Waals surface area (Å²) in [4.78, 5) is 26.3. The highest BCUT2D eigenvalue weighted by molar-refractivity contribution is 5.58. The van der Waals surface area contributed by atoms with Crippen molar-refractivity contribution in [3.05, 3.63) is 64.7 Å². The largest absolute Gasteiger partial charge is 0.339 e. The van der Waals surface area contributed by atoms with Crippen LogP contribution in [0.25, 0.3) is 5.82 Å². The Morgan fingerprint density at radius 2 is 1.92 bits per heavy atom. The summed E-state index contributed by atoms with van der Waals surface area (Å²) < 4.78 is 1.74. The van der Waals surface area contributed by atoms with Crippen LogP contribution in [-0.4, -0.2) is 26.6 Å². The Labute approximate surface area is 140 Å². The second-order valence-electron chi connectivity index (χ2n) is 5.56. The quantitative estimate of drug-likeness (QED) is 0.674. The first kappa shape index (κ1) is 15.8. The van der Waals surface area contributed by atoms with Crippen LogP contribution in [0.15, 0.2) is 47.9 Å². The summed E-state index contributed by atoms with van der Waals surface area (Å²) in [6.45, 7) is 4.27. The van der Waals surface area contributed by atoms with Crippen molar-refractivity contribution in [1.29, 1.82) is 0 Å². The average molecular weight is 322 g/mol. The summed E-state index contributed by atoms with van der Waals surface area (Å²) >= 11 is 0. The van der Waals surface area contributed by atoms with Gasteiger partial charge in [0.15, 0.2) is 11.5 Å². The lowest BCUT2D eigenvalue weighted by Gasteiger charge is -2.19. The zero-order valence-electron chi connectivity index (χ0n) is 13.8. The third-order valence-corrected chi connectivity index (χ3v) is 3.78. The molecule has 0 aliphatic carbocycles. The van der Waals surface area contributed by atoms with Crippen LogP contribution < -0.4 is 4.90 Å². The SMILES string of the molecule is Cc1nc(N(C)Cc2ccccc2)nc(-n2ccnc2C)c1N=O. The lowest BCUT2D eigenvalue weighted by molar-refractivity contribution is 0.835. The van der Waals surface area contributed by atoms with Crippen LogP contribution in [0.5, 0.6) is 0 Å². The van der Waals surface area contributed by atoms with Gasteiger partial charge in [-0.15, -0.1) is 4.91 Å². The maximum absolute atomic E-state index is 11.2. The highest BCUT2D eigenvalue weighted by Crippen LogP contribution is 2.27. The van der Waals surface area contributed by atoms with Crippen LogP contribution >= 0.6 is 0 Å². The van der Waals surface area contributed by atoms with Crippen molar-refractivity contribution < 1.29 is 0 Å². The normalized spacial score (nSPS) is 10.6. The molecule has 3 rings (SSSR count). The summed E-state index contributed by atoms with van der Waals surface area (Å²) in [7, 11) is 1.92. The van der Waals surface area contributed by atoms with Crippen molar-refractivity contribution in [3.63, 3.8) is 0 Å². The number of hydrogen-bond acceptors (Lipinski definition) is 6. The van der Waals surface area contributed by atoms with E-state index in [9.17, 15) is 4.91 Å². The number of nitroso groups, excluding NO2 is 1. The molecule has 7 heteroatoms. The molecule has 122 valence electrons. The first-order valence-electron chi connectivity index (χ1n) is 7.57. The number of aromatic nitrogens is 4. The number of nitrogens with zero attached hydrogens (tertiary/aromatic N) is 6. The number of benzene rings is 1. The summed E-state index contributed by atoms with van der Waals surface area (Å²) in [6.07, 6.45) is 3.42. The predicted molar refractivity (Wildman–Crippen MR) is 92.6 cm³/mol. The zero-order valence-corrected chi connectivity index (χ0v) is 13.8. The highest BCUT2D eigenvalue weighted by atomic mass is 16.3. The fourth-order valence-electron chi connectivity index (χ4n) is 2.51. The van der Waals surface area contributed by atoms with Crippen molar-refractivity contribution in [2.75, 3.05) is 11.9 Å². The van der Waals surface area contributed by atoms with Crippen LogP contribution in [0.4, 0.5) is 11.6 Å². The number of hydrogen-bond donors (Lipinski definition) is 0. The number of rotatable bonds is 5. The second-order valence-corrected chi connectivity index (χ2v) is 5.56. The van der Waals surface area contributed by atoms with Gasteiger partial charge in [0.1, 0.15) is 5.82 Å². The first-order valence-corrected chi connectivity index (χ1v) is 7.57. The van der Waals surface area contributed by atoms with Gasteiger partial charge in [0.05, 0.1) is 5.69 Å². The Hall–Kier alpha value is -3.09. The summed E-state index contributed by atoms with van der Waals surface area (Å²) in [5.74, 6) is 1.71. The molecule has 7 nitrogen and oxygen atoms in total. The van der Waals surface area contributed by atoms with Crippen LogP contribution in [-0.2, 0) is 6.54 Å². The number of aryl methyl sites for hydroxylation is 2. The molecule has 0 spiro atoms. The molecule has 0 N–H and O–H groups in total. The Morgan fingerprint density at radius 3 is 2.54 bits per heavy atom. The topological polar surface area (TPSA) is 76.3 Å². The summed E-state index contributed by atoms with van der Waals surface area (Å²) in [5, 5.41) is 3.11. The van der Waals surface area contributed by atoms with E-state index in [2.05, 4.69) is 20.1 Å². The smallest absolute Gasteiger partial charge is 0.227 e. The van der Waals surface area contributed by atoms with Gasteiger partial charge in [0, 0.05) is 26.0 Å². The number of imidazole rings is 1. The predicted octanol–water partition coefficient (Wildman–Crippen LogP) is 3.31. The molecule has 0 atom stereocenters. The third kappa shape index (κ3) is 3.01. The molecular formula is C17H18N6O. The van der Waals surface area contributed by atoms with E-state index in [4.69, 9.17) is 0 Å². The van der Waals surface area contributed by atoms with E-state index in [1.165, 1.54) is 0 Å². The molecule has 1 aromatic carbocycles. The average Bonchev–Trinajstić information content (AvgIpc) is 3.01. The molecule has 0 saturated carbocycles. The van der Waals surface area contributed by atoms with Gasteiger partial charge < -0.3 is 4.90 Å². The minimum absolute atomic E-state index is 0.230. The van der Waals surface area contributed by atoms with E-state index in [1.54, 1.807) is 23.9 Å². The molecule has 2 heterocycles. The van der Waals surface area contributed by atoms with E-state index >= 15 is 0 Å². The van der Waals surface area contributed by atoms with Gasteiger partial charge in [-0.25, -0.2) is 9.97 Å². The lowest BCUT2D eigenvalue weighted by atomic mass is 10.2. The van der Waals surface area contributed by atoms with Gasteiger partial charge in [0.25, 0.3) is 0 Å². The first-order chi connectivity index (χ1) is 11.6. The molecule has 0 radical (unpaired) electrons. The molecule has 0 bridgehead atoms. The Balaban J connectivity index is 2.02. The van der Waals surface area contributed by atoms with Crippen molar-refractivity contribution in [1.82, 2.24) is 19.5 Å².